The molecule has 1 aromatic rings. The summed E-state index contributed by atoms with van der Waals surface area (Å²) in [4.78, 5) is 13.4. The first-order valence-electron chi connectivity index (χ1n) is 5.52. The molecule has 0 aliphatic rings. The second-order valence-corrected chi connectivity index (χ2v) is 6.02. The molecule has 1 N–H and O–H groups in total. The number of hydrogen-bond acceptors (Lipinski definition) is 5. The third-order valence-corrected chi connectivity index (χ3v) is 4.22. The van der Waals surface area contributed by atoms with Crippen molar-refractivity contribution in [1.82, 2.24) is 5.32 Å². The van der Waals surface area contributed by atoms with Crippen LogP contribution in [-0.4, -0.2) is 31.1 Å². The molecular formula is C12H19NO2S2. The van der Waals surface area contributed by atoms with E-state index in [2.05, 4.69) is 29.3 Å². The fourth-order valence-corrected chi connectivity index (χ4v) is 2.98. The number of thiophene rings is 1. The summed E-state index contributed by atoms with van der Waals surface area (Å²) in [6.45, 7) is 3.05. The zero-order valence-corrected chi connectivity index (χ0v) is 12.1. The van der Waals surface area contributed by atoms with Crippen LogP contribution in [0.3, 0.4) is 0 Å². The molecule has 1 unspecified atom stereocenters. The topological polar surface area (TPSA) is 38.3 Å². The first-order chi connectivity index (χ1) is 8.15. The number of carbonyl (C=O) groups excluding carboxylic acids is 1. The van der Waals surface area contributed by atoms with Crippen molar-refractivity contribution < 1.29 is 9.53 Å². The number of ether oxygens (including phenoxy) is 1. The average Bonchev–Trinajstić information content (AvgIpc) is 2.74. The van der Waals surface area contributed by atoms with Crippen LogP contribution in [0, 0.1) is 0 Å². The number of esters is 1. The molecule has 0 radical (unpaired) electrons. The quantitative estimate of drug-likeness (QED) is 0.774. The minimum atomic E-state index is -0.179. The summed E-state index contributed by atoms with van der Waals surface area (Å²) in [6, 6.07) is 4.58. The smallest absolute Gasteiger partial charge is 0.310 e. The molecule has 0 aliphatic carbocycles. The number of thioether (sulfide) groups is 1. The fraction of sp³-hybridized carbons (Fsp3) is 0.583. The Hall–Kier alpha value is -0.520. The summed E-state index contributed by atoms with van der Waals surface area (Å²) < 4.78 is 4.64. The molecule has 5 heteroatoms. The number of methoxy groups -OCH3 is 1. The summed E-state index contributed by atoms with van der Waals surface area (Å²) in [5, 5.41) is 3.45. The van der Waals surface area contributed by atoms with Gasteiger partial charge in [-0.05, 0) is 25.3 Å². The Labute approximate surface area is 111 Å². The van der Waals surface area contributed by atoms with Gasteiger partial charge in [-0.2, -0.15) is 11.8 Å². The SMILES string of the molecule is COC(=O)Cc1ccc(CNC(C)CSC)s1. The average molecular weight is 273 g/mol. The molecule has 0 fully saturated rings. The lowest BCUT2D eigenvalue weighted by molar-refractivity contribution is -0.139. The highest BCUT2D eigenvalue weighted by Crippen LogP contribution is 2.17. The van der Waals surface area contributed by atoms with Gasteiger partial charge in [0.05, 0.1) is 13.5 Å². The molecule has 1 aromatic heterocycles. The summed E-state index contributed by atoms with van der Waals surface area (Å²) in [6.07, 6.45) is 2.49. The van der Waals surface area contributed by atoms with Crippen LogP contribution in [0.25, 0.3) is 0 Å². The van der Waals surface area contributed by atoms with Crippen LogP contribution in [0.4, 0.5) is 0 Å². The van der Waals surface area contributed by atoms with Crippen LogP contribution < -0.4 is 5.32 Å². The van der Waals surface area contributed by atoms with Gasteiger partial charge < -0.3 is 10.1 Å². The monoisotopic (exact) mass is 273 g/mol. The fourth-order valence-electron chi connectivity index (χ4n) is 1.41. The van der Waals surface area contributed by atoms with Crippen molar-refractivity contribution in [3.8, 4) is 0 Å². The maximum absolute atomic E-state index is 11.1. The lowest BCUT2D eigenvalue weighted by Crippen LogP contribution is -2.27. The molecule has 1 heterocycles. The number of carbonyl (C=O) groups is 1. The molecule has 0 spiro atoms. The number of nitrogens with one attached hydrogen (secondary N) is 1. The highest BCUT2D eigenvalue weighted by atomic mass is 32.2. The van der Waals surface area contributed by atoms with Gasteiger partial charge >= 0.3 is 5.97 Å². The van der Waals surface area contributed by atoms with E-state index in [9.17, 15) is 4.79 Å². The van der Waals surface area contributed by atoms with E-state index in [1.165, 1.54) is 12.0 Å². The molecule has 96 valence electrons. The molecule has 1 rings (SSSR count). The lowest BCUT2D eigenvalue weighted by Gasteiger charge is -2.10. The van der Waals surface area contributed by atoms with Crippen LogP contribution >= 0.6 is 23.1 Å². The number of rotatable bonds is 7. The standard InChI is InChI=1S/C12H19NO2S2/c1-9(8-16-3)13-7-11-5-4-10(17-11)6-12(14)15-2/h4-5,9,13H,6-8H2,1-3H3. The van der Waals surface area contributed by atoms with Crippen LogP contribution in [0.5, 0.6) is 0 Å². The lowest BCUT2D eigenvalue weighted by atomic mass is 10.3. The predicted octanol–water partition coefficient (Wildman–Crippen LogP) is 2.30. The van der Waals surface area contributed by atoms with Crippen molar-refractivity contribution >= 4 is 29.1 Å². The largest absolute Gasteiger partial charge is 0.469 e. The Morgan fingerprint density at radius 1 is 1.53 bits per heavy atom. The van der Waals surface area contributed by atoms with Crippen molar-refractivity contribution in [1.29, 1.82) is 0 Å². The van der Waals surface area contributed by atoms with E-state index in [-0.39, 0.29) is 5.97 Å². The molecule has 0 bridgehead atoms. The van der Waals surface area contributed by atoms with E-state index in [0.29, 0.717) is 12.5 Å². The van der Waals surface area contributed by atoms with Gasteiger partial charge in [-0.3, -0.25) is 4.79 Å². The van der Waals surface area contributed by atoms with Gasteiger partial charge in [0.15, 0.2) is 0 Å². The van der Waals surface area contributed by atoms with Crippen molar-refractivity contribution in [2.45, 2.75) is 25.9 Å². The van der Waals surface area contributed by atoms with Crippen LogP contribution in [0.15, 0.2) is 12.1 Å². The van der Waals surface area contributed by atoms with Gasteiger partial charge in [0, 0.05) is 28.1 Å². The maximum Gasteiger partial charge on any atom is 0.310 e. The first-order valence-corrected chi connectivity index (χ1v) is 7.73. The summed E-state index contributed by atoms with van der Waals surface area (Å²) in [5.74, 6) is 0.933. The van der Waals surface area contributed by atoms with Crippen LogP contribution in [0.1, 0.15) is 16.7 Å². The van der Waals surface area contributed by atoms with E-state index < -0.39 is 0 Å². The summed E-state index contributed by atoms with van der Waals surface area (Å²) >= 11 is 3.51. The van der Waals surface area contributed by atoms with Crippen molar-refractivity contribution in [2.24, 2.45) is 0 Å². The normalized spacial score (nSPS) is 12.4. The minimum absolute atomic E-state index is 0.179. The zero-order chi connectivity index (χ0) is 12.7. The van der Waals surface area contributed by atoms with Gasteiger partial charge in [-0.15, -0.1) is 11.3 Å². The van der Waals surface area contributed by atoms with E-state index >= 15 is 0 Å². The summed E-state index contributed by atoms with van der Waals surface area (Å²) in [5.41, 5.74) is 0. The van der Waals surface area contributed by atoms with E-state index in [0.717, 1.165) is 17.2 Å². The Bertz CT molecular complexity index is 352. The molecular weight excluding hydrogens is 254 g/mol. The molecule has 0 amide bonds. The maximum atomic E-state index is 11.1. The predicted molar refractivity (Wildman–Crippen MR) is 74.7 cm³/mol. The highest BCUT2D eigenvalue weighted by Gasteiger charge is 2.07. The Kier molecular flexibility index (Phi) is 6.62. The van der Waals surface area contributed by atoms with E-state index in [1.54, 1.807) is 11.3 Å². The van der Waals surface area contributed by atoms with Gasteiger partial charge in [0.2, 0.25) is 0 Å². The van der Waals surface area contributed by atoms with Crippen LogP contribution in [-0.2, 0) is 22.5 Å². The highest BCUT2D eigenvalue weighted by molar-refractivity contribution is 7.98. The molecule has 0 saturated carbocycles. The minimum Gasteiger partial charge on any atom is -0.469 e. The first kappa shape index (κ1) is 14.5. The van der Waals surface area contributed by atoms with Crippen molar-refractivity contribution in [3.05, 3.63) is 21.9 Å². The van der Waals surface area contributed by atoms with E-state index in [4.69, 9.17) is 0 Å². The van der Waals surface area contributed by atoms with Crippen molar-refractivity contribution in [3.63, 3.8) is 0 Å². The Balaban J connectivity index is 2.37. The van der Waals surface area contributed by atoms with Gasteiger partial charge in [-0.1, -0.05) is 0 Å². The number of hydrogen-bond donors (Lipinski definition) is 1. The van der Waals surface area contributed by atoms with Crippen molar-refractivity contribution in [2.75, 3.05) is 19.1 Å². The Morgan fingerprint density at radius 2 is 2.24 bits per heavy atom. The second kappa shape index (κ2) is 7.74. The Morgan fingerprint density at radius 3 is 2.88 bits per heavy atom. The van der Waals surface area contributed by atoms with Crippen LogP contribution in [0.2, 0.25) is 0 Å². The third-order valence-electron chi connectivity index (χ3n) is 2.30. The van der Waals surface area contributed by atoms with Gasteiger partial charge in [0.25, 0.3) is 0 Å². The second-order valence-electron chi connectivity index (χ2n) is 3.86. The molecule has 0 aliphatic heterocycles. The molecule has 17 heavy (non-hydrogen) atoms. The van der Waals surface area contributed by atoms with Gasteiger partial charge in [0.1, 0.15) is 0 Å². The molecule has 3 nitrogen and oxygen atoms in total. The molecule has 0 aromatic carbocycles. The van der Waals surface area contributed by atoms with Gasteiger partial charge in [-0.25, -0.2) is 0 Å². The third kappa shape index (κ3) is 5.57. The van der Waals surface area contributed by atoms with E-state index in [1.807, 2.05) is 17.8 Å². The zero-order valence-electron chi connectivity index (χ0n) is 10.5. The molecule has 1 atom stereocenters. The molecule has 0 saturated heterocycles. The summed E-state index contributed by atoms with van der Waals surface area (Å²) in [7, 11) is 1.42.